The fourth-order valence-corrected chi connectivity index (χ4v) is 4.20. The average Bonchev–Trinajstić information content (AvgIpc) is 3.27. The minimum absolute atomic E-state index is 0.0504. The zero-order valence-electron chi connectivity index (χ0n) is 14.3. The summed E-state index contributed by atoms with van der Waals surface area (Å²) in [6.07, 6.45) is 7.59. The first-order valence-corrected chi connectivity index (χ1v) is 9.27. The molecule has 7 nitrogen and oxygen atoms in total. The lowest BCUT2D eigenvalue weighted by molar-refractivity contribution is 0.152. The number of fused-ring (bicyclic) bond motifs is 1. The van der Waals surface area contributed by atoms with E-state index >= 15 is 0 Å². The van der Waals surface area contributed by atoms with E-state index in [0.717, 1.165) is 70.2 Å². The molecule has 4 rings (SSSR count). The van der Waals surface area contributed by atoms with Gasteiger partial charge in [-0.2, -0.15) is 0 Å². The predicted molar refractivity (Wildman–Crippen MR) is 88.7 cm³/mol. The Morgan fingerprint density at radius 3 is 3.04 bits per heavy atom. The largest absolute Gasteiger partial charge is 0.381 e. The van der Waals surface area contributed by atoms with Gasteiger partial charge in [0.2, 0.25) is 0 Å². The molecule has 1 atom stereocenters. The maximum absolute atomic E-state index is 12.4. The van der Waals surface area contributed by atoms with Crippen molar-refractivity contribution in [2.45, 2.75) is 51.5 Å². The average molecular weight is 333 g/mol. The number of hydrogen-bond acceptors (Lipinski definition) is 4. The van der Waals surface area contributed by atoms with Gasteiger partial charge in [-0.3, -0.25) is 0 Å². The number of aryl methyl sites for hydroxylation is 1. The molecule has 0 unspecified atom stereocenters. The Hall–Kier alpha value is -1.63. The highest BCUT2D eigenvalue weighted by Crippen LogP contribution is 2.38. The Morgan fingerprint density at radius 2 is 2.17 bits per heavy atom. The number of aromatic nitrogens is 3. The van der Waals surface area contributed by atoms with Gasteiger partial charge in [0.25, 0.3) is 0 Å². The summed E-state index contributed by atoms with van der Waals surface area (Å²) in [5.41, 5.74) is 0.224. The van der Waals surface area contributed by atoms with Crippen LogP contribution in [0, 0.1) is 5.41 Å². The fourth-order valence-electron chi connectivity index (χ4n) is 4.20. The van der Waals surface area contributed by atoms with E-state index in [0.29, 0.717) is 6.54 Å². The lowest BCUT2D eigenvalue weighted by atomic mass is 9.87. The number of urea groups is 1. The van der Waals surface area contributed by atoms with Gasteiger partial charge in [-0.05, 0) is 25.7 Å². The van der Waals surface area contributed by atoms with Gasteiger partial charge in [0, 0.05) is 51.0 Å². The van der Waals surface area contributed by atoms with Crippen LogP contribution in [0.1, 0.15) is 43.8 Å². The van der Waals surface area contributed by atoms with Crippen molar-refractivity contribution in [1.29, 1.82) is 0 Å². The van der Waals surface area contributed by atoms with Crippen LogP contribution in [-0.2, 0) is 24.1 Å². The van der Waals surface area contributed by atoms with Crippen LogP contribution in [-0.4, -0.2) is 58.5 Å². The van der Waals surface area contributed by atoms with Gasteiger partial charge < -0.3 is 19.5 Å². The zero-order chi connectivity index (χ0) is 16.4. The SMILES string of the molecule is O=C(NCCc1nnc2n1CCCCC2)N1CC[C@@]2(CCOC2)C1. The minimum Gasteiger partial charge on any atom is -0.381 e. The molecule has 2 fully saturated rings. The molecule has 1 N–H and O–H groups in total. The molecule has 1 aromatic rings. The highest BCUT2D eigenvalue weighted by atomic mass is 16.5. The van der Waals surface area contributed by atoms with Gasteiger partial charge in [-0.15, -0.1) is 10.2 Å². The van der Waals surface area contributed by atoms with Crippen LogP contribution in [0.3, 0.4) is 0 Å². The summed E-state index contributed by atoms with van der Waals surface area (Å²) >= 11 is 0. The number of amides is 2. The van der Waals surface area contributed by atoms with Crippen molar-refractivity contribution in [2.75, 3.05) is 32.8 Å². The van der Waals surface area contributed by atoms with E-state index < -0.39 is 0 Å². The molecule has 0 aliphatic carbocycles. The van der Waals surface area contributed by atoms with Crippen LogP contribution in [0.2, 0.25) is 0 Å². The van der Waals surface area contributed by atoms with Crippen LogP contribution >= 0.6 is 0 Å². The third-order valence-corrected chi connectivity index (χ3v) is 5.72. The summed E-state index contributed by atoms with van der Waals surface area (Å²) in [5, 5.41) is 11.7. The number of ether oxygens (including phenoxy) is 1. The fraction of sp³-hybridized carbons (Fsp3) is 0.824. The molecule has 0 saturated carbocycles. The highest BCUT2D eigenvalue weighted by Gasteiger charge is 2.42. The summed E-state index contributed by atoms with van der Waals surface area (Å²) in [7, 11) is 0. The van der Waals surface area contributed by atoms with Gasteiger partial charge in [-0.25, -0.2) is 4.79 Å². The van der Waals surface area contributed by atoms with E-state index in [-0.39, 0.29) is 11.4 Å². The van der Waals surface area contributed by atoms with Crippen molar-refractivity contribution in [3.8, 4) is 0 Å². The molecule has 132 valence electrons. The Morgan fingerprint density at radius 1 is 1.21 bits per heavy atom. The van der Waals surface area contributed by atoms with E-state index in [2.05, 4.69) is 20.1 Å². The van der Waals surface area contributed by atoms with Crippen molar-refractivity contribution in [2.24, 2.45) is 5.41 Å². The number of carbonyl (C=O) groups excluding carboxylic acids is 1. The van der Waals surface area contributed by atoms with E-state index in [1.54, 1.807) is 0 Å². The first kappa shape index (κ1) is 15.9. The smallest absolute Gasteiger partial charge is 0.317 e. The van der Waals surface area contributed by atoms with E-state index in [1.165, 1.54) is 19.3 Å². The van der Waals surface area contributed by atoms with Crippen LogP contribution in [0.15, 0.2) is 0 Å². The Bertz CT molecular complexity index is 594. The topological polar surface area (TPSA) is 72.3 Å². The predicted octanol–water partition coefficient (Wildman–Crippen LogP) is 1.37. The first-order valence-electron chi connectivity index (χ1n) is 9.27. The third-order valence-electron chi connectivity index (χ3n) is 5.72. The zero-order valence-corrected chi connectivity index (χ0v) is 14.3. The van der Waals surface area contributed by atoms with Crippen molar-refractivity contribution in [1.82, 2.24) is 25.0 Å². The molecule has 0 radical (unpaired) electrons. The van der Waals surface area contributed by atoms with Gasteiger partial charge in [-0.1, -0.05) is 6.42 Å². The summed E-state index contributed by atoms with van der Waals surface area (Å²) in [5.74, 6) is 2.12. The number of hydrogen-bond donors (Lipinski definition) is 1. The summed E-state index contributed by atoms with van der Waals surface area (Å²) in [6, 6.07) is 0.0504. The molecule has 3 aliphatic heterocycles. The Kier molecular flexibility index (Phi) is 4.43. The van der Waals surface area contributed by atoms with Crippen molar-refractivity contribution in [3.63, 3.8) is 0 Å². The van der Waals surface area contributed by atoms with Gasteiger partial charge in [0.05, 0.1) is 6.61 Å². The van der Waals surface area contributed by atoms with E-state index in [1.807, 2.05) is 4.90 Å². The molecule has 0 bridgehead atoms. The van der Waals surface area contributed by atoms with E-state index in [9.17, 15) is 4.79 Å². The molecular formula is C17H27N5O2. The maximum atomic E-state index is 12.4. The number of likely N-dealkylation sites (tertiary alicyclic amines) is 1. The number of carbonyl (C=O) groups is 1. The second kappa shape index (κ2) is 6.70. The Labute approximate surface area is 142 Å². The molecule has 2 amide bonds. The monoisotopic (exact) mass is 333 g/mol. The summed E-state index contributed by atoms with van der Waals surface area (Å²) in [4.78, 5) is 14.3. The molecule has 24 heavy (non-hydrogen) atoms. The summed E-state index contributed by atoms with van der Waals surface area (Å²) < 4.78 is 7.78. The third kappa shape index (κ3) is 3.14. The number of rotatable bonds is 3. The number of nitrogens with zero attached hydrogens (tertiary/aromatic N) is 4. The molecule has 1 aromatic heterocycles. The molecule has 3 aliphatic rings. The second-order valence-corrected chi connectivity index (χ2v) is 7.45. The standard InChI is InChI=1S/C17H27N5O2/c23-16(21-10-6-17(12-21)7-11-24-13-17)18-8-5-15-20-19-14-4-2-1-3-9-22(14)15/h1-13H2,(H,18,23)/t17-/m1/s1. The Balaban J connectivity index is 1.27. The molecule has 4 heterocycles. The highest BCUT2D eigenvalue weighted by molar-refractivity contribution is 5.74. The lowest BCUT2D eigenvalue weighted by Crippen LogP contribution is -2.40. The molecule has 2 saturated heterocycles. The van der Waals surface area contributed by atoms with Gasteiger partial charge in [0.1, 0.15) is 11.6 Å². The maximum Gasteiger partial charge on any atom is 0.317 e. The van der Waals surface area contributed by atoms with Crippen molar-refractivity contribution < 1.29 is 9.53 Å². The quantitative estimate of drug-likeness (QED) is 0.907. The van der Waals surface area contributed by atoms with Gasteiger partial charge in [0.15, 0.2) is 0 Å². The van der Waals surface area contributed by atoms with Gasteiger partial charge >= 0.3 is 6.03 Å². The molecule has 1 spiro atoms. The van der Waals surface area contributed by atoms with Crippen molar-refractivity contribution in [3.05, 3.63) is 11.6 Å². The lowest BCUT2D eigenvalue weighted by Gasteiger charge is -2.22. The molecular weight excluding hydrogens is 306 g/mol. The molecule has 0 aromatic carbocycles. The number of nitrogens with one attached hydrogen (secondary N) is 1. The first-order chi connectivity index (χ1) is 11.8. The van der Waals surface area contributed by atoms with Crippen LogP contribution in [0.25, 0.3) is 0 Å². The van der Waals surface area contributed by atoms with Crippen LogP contribution in [0.4, 0.5) is 4.79 Å². The summed E-state index contributed by atoms with van der Waals surface area (Å²) in [6.45, 7) is 4.96. The molecule has 7 heteroatoms. The normalized spacial score (nSPS) is 26.6. The second-order valence-electron chi connectivity index (χ2n) is 7.45. The van der Waals surface area contributed by atoms with Crippen LogP contribution in [0.5, 0.6) is 0 Å². The van der Waals surface area contributed by atoms with Crippen molar-refractivity contribution >= 4 is 6.03 Å². The van der Waals surface area contributed by atoms with E-state index in [4.69, 9.17) is 4.74 Å². The van der Waals surface area contributed by atoms with Crippen LogP contribution < -0.4 is 5.32 Å². The minimum atomic E-state index is 0.0504.